The summed E-state index contributed by atoms with van der Waals surface area (Å²) >= 11 is 12.6. The number of hydrazone groups is 1. The van der Waals surface area contributed by atoms with Gasteiger partial charge in [-0.1, -0.05) is 34.5 Å². The molecule has 11 heteroatoms. The monoisotopic (exact) mass is 463 g/mol. The van der Waals surface area contributed by atoms with Gasteiger partial charge in [-0.15, -0.1) is 10.2 Å². The molecule has 0 saturated heterocycles. The zero-order valence-electron chi connectivity index (χ0n) is 15.5. The fraction of sp³-hybridized carbons (Fsp3) is 0.105. The molecule has 0 aliphatic rings. The van der Waals surface area contributed by atoms with Gasteiger partial charge in [0.05, 0.1) is 18.0 Å². The van der Waals surface area contributed by atoms with Crippen LogP contribution in [0.2, 0.25) is 10.0 Å². The van der Waals surface area contributed by atoms with Gasteiger partial charge in [0, 0.05) is 10.0 Å². The van der Waals surface area contributed by atoms with Crippen LogP contribution >= 0.6 is 34.5 Å². The van der Waals surface area contributed by atoms with Crippen LogP contribution in [0.25, 0.3) is 0 Å². The molecule has 8 nitrogen and oxygen atoms in total. The Labute approximate surface area is 185 Å². The highest BCUT2D eigenvalue weighted by Crippen LogP contribution is 2.35. The summed E-state index contributed by atoms with van der Waals surface area (Å²) in [6.45, 7) is 1.83. The highest BCUT2D eigenvalue weighted by molar-refractivity contribution is 7.18. The summed E-state index contributed by atoms with van der Waals surface area (Å²) in [5.41, 5.74) is 3.78. The second-order valence-corrected chi connectivity index (χ2v) is 7.47. The van der Waals surface area contributed by atoms with Crippen LogP contribution in [0.3, 0.4) is 0 Å². The Bertz CT molecular complexity index is 1080. The normalized spacial score (nSPS) is 11.6. The van der Waals surface area contributed by atoms with E-state index in [1.807, 2.05) is 0 Å². The number of nitrogens with zero attached hydrogens (tertiary/aromatic N) is 4. The van der Waals surface area contributed by atoms with Crippen molar-refractivity contribution in [2.24, 2.45) is 15.3 Å². The van der Waals surface area contributed by atoms with Crippen LogP contribution in [0.5, 0.6) is 5.88 Å². The van der Waals surface area contributed by atoms with E-state index >= 15 is 0 Å². The molecule has 1 aromatic heterocycles. The van der Waals surface area contributed by atoms with E-state index in [0.29, 0.717) is 21.4 Å². The van der Waals surface area contributed by atoms with E-state index in [0.717, 1.165) is 11.3 Å². The number of azo groups is 1. The Morgan fingerprint density at radius 3 is 2.37 bits per heavy atom. The molecule has 3 rings (SSSR count). The Morgan fingerprint density at radius 1 is 1.10 bits per heavy atom. The number of aromatic nitrogens is 1. The molecule has 0 radical (unpaired) electrons. The SMILES string of the molecule is CCOC(=O)/C(=N/Nc1ccc(Cl)cc1)c1nc(O)c(N=Nc2ccc(Cl)cc2)s1. The maximum absolute atomic E-state index is 12.4. The second kappa shape index (κ2) is 10.1. The number of carbonyl (C=O) groups is 1. The van der Waals surface area contributed by atoms with Gasteiger partial charge in [-0.2, -0.15) is 10.1 Å². The lowest BCUT2D eigenvalue weighted by atomic mass is 10.3. The van der Waals surface area contributed by atoms with Gasteiger partial charge >= 0.3 is 5.97 Å². The predicted octanol–water partition coefficient (Wildman–Crippen LogP) is 5.95. The molecule has 0 spiro atoms. The predicted molar refractivity (Wildman–Crippen MR) is 118 cm³/mol. The maximum Gasteiger partial charge on any atom is 0.361 e. The van der Waals surface area contributed by atoms with Gasteiger partial charge in [0.2, 0.25) is 10.7 Å². The first-order valence-electron chi connectivity index (χ1n) is 8.60. The molecular formula is C19H15Cl2N5O3S. The van der Waals surface area contributed by atoms with Crippen molar-refractivity contribution in [3.8, 4) is 5.88 Å². The first-order chi connectivity index (χ1) is 14.5. The maximum atomic E-state index is 12.4. The van der Waals surface area contributed by atoms with Crippen molar-refractivity contribution in [2.45, 2.75) is 6.92 Å². The smallest absolute Gasteiger partial charge is 0.361 e. The number of rotatable bonds is 7. The van der Waals surface area contributed by atoms with Crippen molar-refractivity contribution in [3.63, 3.8) is 0 Å². The number of benzene rings is 2. The van der Waals surface area contributed by atoms with Gasteiger partial charge in [0.25, 0.3) is 5.88 Å². The molecule has 30 heavy (non-hydrogen) atoms. The summed E-state index contributed by atoms with van der Waals surface area (Å²) in [5.74, 6) is -1.08. The van der Waals surface area contributed by atoms with Crippen molar-refractivity contribution in [3.05, 3.63) is 63.6 Å². The number of ether oxygens (including phenoxy) is 1. The lowest BCUT2D eigenvalue weighted by molar-refractivity contribution is -0.134. The fourth-order valence-corrected chi connectivity index (χ4v) is 3.12. The Balaban J connectivity index is 1.87. The van der Waals surface area contributed by atoms with Crippen molar-refractivity contribution in [1.29, 1.82) is 0 Å². The van der Waals surface area contributed by atoms with Gasteiger partial charge in [0.15, 0.2) is 5.01 Å². The molecular weight excluding hydrogens is 449 g/mol. The number of aromatic hydroxyl groups is 1. The molecule has 3 aromatic rings. The van der Waals surface area contributed by atoms with E-state index in [2.05, 4.69) is 25.7 Å². The minimum absolute atomic E-state index is 0.111. The van der Waals surface area contributed by atoms with Gasteiger partial charge in [-0.3, -0.25) is 5.43 Å². The summed E-state index contributed by atoms with van der Waals surface area (Å²) in [6.07, 6.45) is 0. The molecule has 0 amide bonds. The van der Waals surface area contributed by atoms with Crippen molar-refractivity contribution >= 4 is 62.6 Å². The van der Waals surface area contributed by atoms with Crippen molar-refractivity contribution in [1.82, 2.24) is 4.98 Å². The third kappa shape index (κ3) is 5.76. The minimum atomic E-state index is -0.700. The summed E-state index contributed by atoms with van der Waals surface area (Å²) < 4.78 is 5.04. The van der Waals surface area contributed by atoms with E-state index in [1.54, 1.807) is 55.5 Å². The average molecular weight is 464 g/mol. The lowest BCUT2D eigenvalue weighted by Crippen LogP contribution is -2.20. The molecule has 0 unspecified atom stereocenters. The van der Waals surface area contributed by atoms with E-state index in [9.17, 15) is 9.90 Å². The Kier molecular flexibility index (Phi) is 7.34. The number of nitrogens with one attached hydrogen (secondary N) is 1. The van der Waals surface area contributed by atoms with Crippen LogP contribution in [0.4, 0.5) is 16.4 Å². The van der Waals surface area contributed by atoms with E-state index in [-0.39, 0.29) is 28.2 Å². The molecule has 0 aliphatic heterocycles. The first kappa shape index (κ1) is 21.7. The van der Waals surface area contributed by atoms with Crippen LogP contribution in [0.15, 0.2) is 63.9 Å². The highest BCUT2D eigenvalue weighted by atomic mass is 35.5. The number of carbonyl (C=O) groups excluding carboxylic acids is 1. The van der Waals surface area contributed by atoms with Crippen molar-refractivity contribution in [2.75, 3.05) is 12.0 Å². The quantitative estimate of drug-likeness (QED) is 0.194. The van der Waals surface area contributed by atoms with E-state index in [4.69, 9.17) is 27.9 Å². The minimum Gasteiger partial charge on any atom is -0.491 e. The number of hydrogen-bond acceptors (Lipinski definition) is 9. The summed E-state index contributed by atoms with van der Waals surface area (Å²) in [4.78, 5) is 16.3. The van der Waals surface area contributed by atoms with Crippen molar-refractivity contribution < 1.29 is 14.6 Å². The molecule has 0 atom stereocenters. The van der Waals surface area contributed by atoms with Crippen LogP contribution in [-0.2, 0) is 9.53 Å². The number of hydrogen-bond donors (Lipinski definition) is 2. The topological polar surface area (TPSA) is 109 Å². The summed E-state index contributed by atoms with van der Waals surface area (Å²) in [5, 5.41) is 23.6. The molecule has 0 aliphatic carbocycles. The number of thiazole rings is 1. The van der Waals surface area contributed by atoms with Crippen LogP contribution in [0, 0.1) is 0 Å². The van der Waals surface area contributed by atoms with E-state index in [1.165, 1.54) is 0 Å². The molecule has 0 bridgehead atoms. The third-order valence-electron chi connectivity index (χ3n) is 3.49. The van der Waals surface area contributed by atoms with Gasteiger partial charge in [0.1, 0.15) is 0 Å². The van der Waals surface area contributed by atoms with Crippen LogP contribution in [0.1, 0.15) is 11.9 Å². The summed E-state index contributed by atoms with van der Waals surface area (Å²) in [6, 6.07) is 13.4. The Morgan fingerprint density at radius 2 is 1.73 bits per heavy atom. The first-order valence-corrected chi connectivity index (χ1v) is 10.2. The van der Waals surface area contributed by atoms with E-state index < -0.39 is 5.97 Å². The van der Waals surface area contributed by atoms with Gasteiger partial charge in [-0.25, -0.2) is 4.79 Å². The molecule has 154 valence electrons. The molecule has 2 N–H and O–H groups in total. The molecule has 2 aromatic carbocycles. The zero-order valence-corrected chi connectivity index (χ0v) is 17.9. The zero-order chi connectivity index (χ0) is 21.5. The van der Waals surface area contributed by atoms with Crippen LogP contribution < -0.4 is 5.43 Å². The average Bonchev–Trinajstić information content (AvgIpc) is 3.09. The molecule has 0 saturated carbocycles. The standard InChI is InChI=1S/C19H15Cl2N5O3S/c1-2-29-19(28)15(25-23-13-7-3-11(20)4-8-13)17-22-16(27)18(30-17)26-24-14-9-5-12(21)6-10-14/h3-10,23,27H,2H2,1H3/b25-15+,26-24?. The number of anilines is 1. The lowest BCUT2D eigenvalue weighted by Gasteiger charge is -2.05. The van der Waals surface area contributed by atoms with Gasteiger partial charge < -0.3 is 9.84 Å². The van der Waals surface area contributed by atoms with Gasteiger partial charge in [-0.05, 0) is 55.5 Å². The fourth-order valence-electron chi connectivity index (χ4n) is 2.11. The second-order valence-electron chi connectivity index (χ2n) is 5.62. The molecule has 0 fully saturated rings. The number of halogens is 2. The van der Waals surface area contributed by atoms with Crippen LogP contribution in [-0.4, -0.2) is 28.4 Å². The third-order valence-corrected chi connectivity index (χ3v) is 4.93. The largest absolute Gasteiger partial charge is 0.491 e. The summed E-state index contributed by atoms with van der Waals surface area (Å²) in [7, 11) is 0. The Hall–Kier alpha value is -3.01. The molecule has 1 heterocycles. The highest BCUT2D eigenvalue weighted by Gasteiger charge is 2.22. The number of esters is 1.